The third kappa shape index (κ3) is 4.32. The zero-order valence-corrected chi connectivity index (χ0v) is 15.0. The van der Waals surface area contributed by atoms with Crippen molar-refractivity contribution in [3.63, 3.8) is 0 Å². The molecule has 0 bridgehead atoms. The van der Waals surface area contributed by atoms with Crippen molar-refractivity contribution in [2.75, 3.05) is 20.1 Å². The van der Waals surface area contributed by atoms with Gasteiger partial charge in [0.2, 0.25) is 0 Å². The third-order valence-electron chi connectivity index (χ3n) is 3.22. The molecule has 2 rings (SSSR count). The number of nitrogens with zero attached hydrogens (tertiary/aromatic N) is 3. The molecular weight excluding hydrogens is 368 g/mol. The first-order chi connectivity index (χ1) is 10.0. The van der Waals surface area contributed by atoms with E-state index in [2.05, 4.69) is 21.0 Å². The number of aromatic nitrogens is 2. The van der Waals surface area contributed by atoms with E-state index in [-0.39, 0.29) is 18.3 Å². The fourth-order valence-electron chi connectivity index (χ4n) is 2.01. The van der Waals surface area contributed by atoms with Gasteiger partial charge in [-0.25, -0.2) is 4.68 Å². The number of halogens is 2. The fraction of sp³-hybridized carbons (Fsp3) is 0.333. The highest BCUT2D eigenvalue weighted by molar-refractivity contribution is 9.10. The molecule has 0 saturated heterocycles. The second-order valence-electron chi connectivity index (χ2n) is 4.97. The molecule has 120 valence electrons. The molecule has 0 unspecified atom stereocenters. The van der Waals surface area contributed by atoms with E-state index >= 15 is 0 Å². The van der Waals surface area contributed by atoms with E-state index in [1.54, 1.807) is 22.7 Å². The molecule has 7 heteroatoms. The first kappa shape index (κ1) is 18.7. The summed E-state index contributed by atoms with van der Waals surface area (Å²) in [6.45, 7) is 3.22. The second kappa shape index (κ2) is 8.31. The minimum absolute atomic E-state index is 0. The predicted octanol–water partition coefficient (Wildman–Crippen LogP) is 2.79. The molecule has 1 heterocycles. The van der Waals surface area contributed by atoms with Crippen molar-refractivity contribution < 1.29 is 4.79 Å². The maximum atomic E-state index is 12.5. The van der Waals surface area contributed by atoms with Gasteiger partial charge in [-0.1, -0.05) is 17.7 Å². The molecule has 1 amide bonds. The molecule has 1 aromatic heterocycles. The first-order valence-electron chi connectivity index (χ1n) is 6.81. The quantitative estimate of drug-likeness (QED) is 0.858. The summed E-state index contributed by atoms with van der Waals surface area (Å²) >= 11 is 3.34. The van der Waals surface area contributed by atoms with Crippen LogP contribution in [0.5, 0.6) is 0 Å². The van der Waals surface area contributed by atoms with Crippen molar-refractivity contribution in [3.05, 3.63) is 46.2 Å². The maximum Gasteiger partial charge on any atom is 0.272 e. The van der Waals surface area contributed by atoms with Crippen molar-refractivity contribution in [2.45, 2.75) is 13.3 Å². The highest BCUT2D eigenvalue weighted by Crippen LogP contribution is 2.18. The van der Waals surface area contributed by atoms with Crippen molar-refractivity contribution in [2.24, 2.45) is 5.73 Å². The summed E-state index contributed by atoms with van der Waals surface area (Å²) in [6, 6.07) is 9.63. The summed E-state index contributed by atoms with van der Waals surface area (Å²) in [5.74, 6) is -0.0674. The number of aryl methyl sites for hydroxylation is 1. The molecule has 2 aromatic rings. The Morgan fingerprint density at radius 1 is 1.36 bits per heavy atom. The minimum Gasteiger partial charge on any atom is -0.340 e. The lowest BCUT2D eigenvalue weighted by molar-refractivity contribution is 0.0785. The van der Waals surface area contributed by atoms with Crippen LogP contribution >= 0.6 is 28.3 Å². The molecule has 0 aliphatic carbocycles. The summed E-state index contributed by atoms with van der Waals surface area (Å²) in [5, 5.41) is 4.36. The summed E-state index contributed by atoms with van der Waals surface area (Å²) in [4.78, 5) is 14.2. The van der Waals surface area contributed by atoms with Gasteiger partial charge < -0.3 is 10.6 Å². The lowest BCUT2D eigenvalue weighted by atomic mass is 10.2. The Labute approximate surface area is 145 Å². The number of rotatable bonds is 5. The Bertz CT molecular complexity index is 627. The van der Waals surface area contributed by atoms with Crippen LogP contribution in [0.25, 0.3) is 5.69 Å². The number of hydrogen-bond acceptors (Lipinski definition) is 3. The first-order valence-corrected chi connectivity index (χ1v) is 7.60. The Morgan fingerprint density at radius 3 is 2.59 bits per heavy atom. The molecular formula is C15H20BrClN4O. The molecule has 0 saturated carbocycles. The Morgan fingerprint density at radius 2 is 2.00 bits per heavy atom. The monoisotopic (exact) mass is 386 g/mol. The van der Waals surface area contributed by atoms with E-state index in [0.29, 0.717) is 23.4 Å². The Kier molecular flexibility index (Phi) is 7.06. The van der Waals surface area contributed by atoms with Gasteiger partial charge in [0.25, 0.3) is 5.91 Å². The van der Waals surface area contributed by atoms with Crippen LogP contribution in [-0.2, 0) is 0 Å². The summed E-state index contributed by atoms with van der Waals surface area (Å²) in [6.07, 6.45) is 0.780. The molecule has 0 atom stereocenters. The predicted molar refractivity (Wildman–Crippen MR) is 93.9 cm³/mol. The third-order valence-corrected chi connectivity index (χ3v) is 3.61. The molecule has 1 aromatic carbocycles. The number of hydrogen-bond donors (Lipinski definition) is 1. The number of carbonyl (C=O) groups is 1. The van der Waals surface area contributed by atoms with Gasteiger partial charge in [0.05, 0.1) is 5.69 Å². The van der Waals surface area contributed by atoms with E-state index in [4.69, 9.17) is 5.73 Å². The van der Waals surface area contributed by atoms with Gasteiger partial charge >= 0.3 is 0 Å². The van der Waals surface area contributed by atoms with Crippen molar-refractivity contribution in [3.8, 4) is 5.69 Å². The molecule has 0 radical (unpaired) electrons. The second-order valence-corrected chi connectivity index (χ2v) is 5.78. The van der Waals surface area contributed by atoms with Crippen LogP contribution in [0.15, 0.2) is 34.9 Å². The van der Waals surface area contributed by atoms with E-state index in [1.807, 2.05) is 31.2 Å². The molecule has 0 fully saturated rings. The van der Waals surface area contributed by atoms with Crippen LogP contribution in [0.4, 0.5) is 0 Å². The molecule has 22 heavy (non-hydrogen) atoms. The highest BCUT2D eigenvalue weighted by atomic mass is 79.9. The number of carbonyl (C=O) groups excluding carboxylic acids is 1. The molecule has 0 spiro atoms. The van der Waals surface area contributed by atoms with E-state index in [1.165, 1.54) is 0 Å². The van der Waals surface area contributed by atoms with Gasteiger partial charge in [0.1, 0.15) is 10.3 Å². The zero-order valence-electron chi connectivity index (χ0n) is 12.6. The normalized spacial score (nSPS) is 10.2. The van der Waals surface area contributed by atoms with Crippen LogP contribution in [0, 0.1) is 6.92 Å². The summed E-state index contributed by atoms with van der Waals surface area (Å²) < 4.78 is 2.30. The van der Waals surface area contributed by atoms with Gasteiger partial charge in [-0.3, -0.25) is 4.79 Å². The van der Waals surface area contributed by atoms with E-state index < -0.39 is 0 Å². The number of nitrogens with two attached hydrogens (primary N) is 1. The molecule has 2 N–H and O–H groups in total. The number of benzene rings is 1. The fourth-order valence-corrected chi connectivity index (χ4v) is 2.39. The van der Waals surface area contributed by atoms with Gasteiger partial charge in [-0.2, -0.15) is 5.10 Å². The van der Waals surface area contributed by atoms with E-state index in [0.717, 1.165) is 17.7 Å². The Hall–Kier alpha value is -1.37. The van der Waals surface area contributed by atoms with Crippen LogP contribution in [-0.4, -0.2) is 40.7 Å². The van der Waals surface area contributed by atoms with Crippen LogP contribution < -0.4 is 5.73 Å². The lowest BCUT2D eigenvalue weighted by Crippen LogP contribution is -2.30. The highest BCUT2D eigenvalue weighted by Gasteiger charge is 2.19. The smallest absolute Gasteiger partial charge is 0.272 e. The maximum absolute atomic E-state index is 12.5. The van der Waals surface area contributed by atoms with Gasteiger partial charge in [0, 0.05) is 19.7 Å². The summed E-state index contributed by atoms with van der Waals surface area (Å²) in [5.41, 5.74) is 8.05. The topological polar surface area (TPSA) is 64.2 Å². The molecule has 5 nitrogen and oxygen atoms in total. The summed E-state index contributed by atoms with van der Waals surface area (Å²) in [7, 11) is 1.78. The van der Waals surface area contributed by atoms with Crippen LogP contribution in [0.3, 0.4) is 0 Å². The zero-order chi connectivity index (χ0) is 15.4. The van der Waals surface area contributed by atoms with Gasteiger partial charge in [-0.05, 0) is 48.0 Å². The lowest BCUT2D eigenvalue weighted by Gasteiger charge is -2.17. The van der Waals surface area contributed by atoms with Gasteiger partial charge in [0.15, 0.2) is 0 Å². The van der Waals surface area contributed by atoms with Crippen molar-refractivity contribution in [1.29, 1.82) is 0 Å². The minimum atomic E-state index is -0.0674. The SMILES string of the molecule is Cc1ccc(-n2nc(Br)cc2C(=O)N(C)CCCN)cc1.Cl. The van der Waals surface area contributed by atoms with Crippen molar-refractivity contribution >= 4 is 34.2 Å². The van der Waals surface area contributed by atoms with Crippen molar-refractivity contribution in [1.82, 2.24) is 14.7 Å². The average Bonchev–Trinajstić information content (AvgIpc) is 2.86. The number of amides is 1. The molecule has 0 aliphatic rings. The van der Waals surface area contributed by atoms with Crippen LogP contribution in [0.1, 0.15) is 22.5 Å². The molecule has 0 aliphatic heterocycles. The average molecular weight is 388 g/mol. The largest absolute Gasteiger partial charge is 0.340 e. The standard InChI is InChI=1S/C15H19BrN4O.ClH/c1-11-4-6-12(7-5-11)20-13(10-14(16)18-20)15(21)19(2)9-3-8-17;/h4-7,10H,3,8-9,17H2,1-2H3;1H. The van der Waals surface area contributed by atoms with Gasteiger partial charge in [-0.15, -0.1) is 12.4 Å². The Balaban J connectivity index is 0.00000242. The van der Waals surface area contributed by atoms with E-state index in [9.17, 15) is 4.79 Å². The van der Waals surface area contributed by atoms with Crippen LogP contribution in [0.2, 0.25) is 0 Å².